The smallest absolute Gasteiger partial charge is 0.337 e. The van der Waals surface area contributed by atoms with E-state index >= 15 is 0 Å². The van der Waals surface area contributed by atoms with E-state index in [0.29, 0.717) is 12.8 Å². The lowest BCUT2D eigenvalue weighted by atomic mass is 10.1. The van der Waals surface area contributed by atoms with Crippen LogP contribution in [0.3, 0.4) is 0 Å². The molecule has 150 valence electrons. The second kappa shape index (κ2) is 8.15. The largest absolute Gasteiger partial charge is 0.465 e. The van der Waals surface area contributed by atoms with Gasteiger partial charge in [0, 0.05) is 24.7 Å². The van der Waals surface area contributed by atoms with Gasteiger partial charge in [0.15, 0.2) is 5.76 Å². The number of aryl methyl sites for hydroxylation is 1. The van der Waals surface area contributed by atoms with Crippen LogP contribution in [-0.2, 0) is 14.8 Å². The summed E-state index contributed by atoms with van der Waals surface area (Å²) in [5.41, 5.74) is 0.933. The maximum absolute atomic E-state index is 12.9. The van der Waals surface area contributed by atoms with Crippen LogP contribution in [0, 0.1) is 6.92 Å². The number of sulfonamides is 1. The zero-order valence-corrected chi connectivity index (χ0v) is 16.5. The molecule has 9 heteroatoms. The van der Waals surface area contributed by atoms with E-state index in [0.717, 1.165) is 5.56 Å². The van der Waals surface area contributed by atoms with E-state index in [9.17, 15) is 18.0 Å². The summed E-state index contributed by atoms with van der Waals surface area (Å²) in [6, 6.07) is 7.36. The number of hydrogen-bond acceptors (Lipinski definition) is 6. The van der Waals surface area contributed by atoms with E-state index in [1.165, 1.54) is 41.9 Å². The van der Waals surface area contributed by atoms with Crippen LogP contribution in [0.5, 0.6) is 0 Å². The van der Waals surface area contributed by atoms with Crippen molar-refractivity contribution >= 4 is 21.9 Å². The van der Waals surface area contributed by atoms with Gasteiger partial charge in [-0.25, -0.2) is 13.2 Å². The van der Waals surface area contributed by atoms with Crippen molar-refractivity contribution in [2.24, 2.45) is 0 Å². The molecule has 1 aromatic heterocycles. The quantitative estimate of drug-likeness (QED) is 0.761. The third-order valence-corrected chi connectivity index (χ3v) is 6.65. The maximum Gasteiger partial charge on any atom is 0.337 e. The molecule has 1 amide bonds. The van der Waals surface area contributed by atoms with Crippen LogP contribution in [-0.4, -0.2) is 50.8 Å². The third-order valence-electron chi connectivity index (χ3n) is 4.75. The summed E-state index contributed by atoms with van der Waals surface area (Å²) in [5, 5.41) is 2.89. The topological polar surface area (TPSA) is 106 Å². The molecule has 2 aromatic rings. The molecule has 0 bridgehead atoms. The van der Waals surface area contributed by atoms with Crippen LogP contribution < -0.4 is 5.32 Å². The Bertz CT molecular complexity index is 974. The Morgan fingerprint density at radius 1 is 1.21 bits per heavy atom. The van der Waals surface area contributed by atoms with Gasteiger partial charge in [-0.05, 0) is 44.0 Å². The van der Waals surface area contributed by atoms with Gasteiger partial charge < -0.3 is 14.5 Å². The Balaban J connectivity index is 1.65. The van der Waals surface area contributed by atoms with E-state index in [4.69, 9.17) is 4.42 Å². The molecule has 1 aromatic carbocycles. The maximum atomic E-state index is 12.9. The lowest BCUT2D eigenvalue weighted by Crippen LogP contribution is -2.46. The van der Waals surface area contributed by atoms with Crippen molar-refractivity contribution < 1.29 is 27.2 Å². The van der Waals surface area contributed by atoms with Crippen molar-refractivity contribution in [1.29, 1.82) is 0 Å². The number of piperidine rings is 1. The van der Waals surface area contributed by atoms with Gasteiger partial charge in [0.05, 0.1) is 23.8 Å². The molecule has 1 saturated heterocycles. The fourth-order valence-corrected chi connectivity index (χ4v) is 4.66. The van der Waals surface area contributed by atoms with E-state index in [1.54, 1.807) is 13.0 Å². The van der Waals surface area contributed by atoms with Crippen molar-refractivity contribution in [3.05, 3.63) is 53.5 Å². The van der Waals surface area contributed by atoms with Crippen molar-refractivity contribution in [3.63, 3.8) is 0 Å². The first kappa shape index (κ1) is 20.1. The van der Waals surface area contributed by atoms with E-state index in [1.807, 2.05) is 0 Å². The van der Waals surface area contributed by atoms with E-state index in [2.05, 4.69) is 10.1 Å². The molecule has 0 radical (unpaired) electrons. The van der Waals surface area contributed by atoms with Crippen molar-refractivity contribution in [3.8, 4) is 0 Å². The first-order valence-electron chi connectivity index (χ1n) is 8.86. The molecule has 8 nitrogen and oxygen atoms in total. The summed E-state index contributed by atoms with van der Waals surface area (Å²) in [6.45, 7) is 2.33. The van der Waals surface area contributed by atoms with Gasteiger partial charge in [-0.3, -0.25) is 4.79 Å². The summed E-state index contributed by atoms with van der Waals surface area (Å²) in [7, 11) is -2.49. The molecule has 1 N–H and O–H groups in total. The summed E-state index contributed by atoms with van der Waals surface area (Å²) in [5.74, 6) is -0.615. The molecule has 1 aliphatic heterocycles. The molecule has 0 atom stereocenters. The number of carbonyl (C=O) groups excluding carboxylic acids is 2. The predicted molar refractivity (Wildman–Crippen MR) is 100 cm³/mol. The molecule has 3 rings (SSSR count). The first-order valence-corrected chi connectivity index (χ1v) is 10.3. The standard InChI is InChI=1S/C19H22N2O6S/c1-13-8-11-27-17(13)18(22)20-15-6-9-21(10-7-15)28(24,25)16-5-3-4-14(12-16)19(23)26-2/h3-5,8,11-12,15H,6-7,9-10H2,1-2H3,(H,20,22). The number of rotatable bonds is 5. The number of esters is 1. The Kier molecular flexibility index (Phi) is 5.85. The monoisotopic (exact) mass is 406 g/mol. The molecule has 1 aliphatic rings. The van der Waals surface area contributed by atoms with Gasteiger partial charge in [-0.15, -0.1) is 0 Å². The SMILES string of the molecule is COC(=O)c1cccc(S(=O)(=O)N2CCC(NC(=O)c3occc3C)CC2)c1. The summed E-state index contributed by atoms with van der Waals surface area (Å²) < 4.78 is 37.0. The molecule has 0 unspecified atom stereocenters. The number of benzene rings is 1. The highest BCUT2D eigenvalue weighted by Gasteiger charge is 2.31. The van der Waals surface area contributed by atoms with Crippen LogP contribution in [0.15, 0.2) is 45.9 Å². The summed E-state index contributed by atoms with van der Waals surface area (Å²) in [6.07, 6.45) is 2.44. The van der Waals surface area contributed by atoms with Crippen molar-refractivity contribution in [1.82, 2.24) is 9.62 Å². The highest BCUT2D eigenvalue weighted by molar-refractivity contribution is 7.89. The Hall–Kier alpha value is -2.65. The van der Waals surface area contributed by atoms with Crippen LogP contribution in [0.25, 0.3) is 0 Å². The average Bonchev–Trinajstić information content (AvgIpc) is 3.14. The zero-order chi connectivity index (χ0) is 20.3. The minimum Gasteiger partial charge on any atom is -0.465 e. The van der Waals surface area contributed by atoms with E-state index < -0.39 is 16.0 Å². The van der Waals surface area contributed by atoms with E-state index in [-0.39, 0.29) is 41.3 Å². The number of amides is 1. The van der Waals surface area contributed by atoms with Gasteiger partial charge in [-0.1, -0.05) is 6.07 Å². The van der Waals surface area contributed by atoms with Crippen LogP contribution in [0.2, 0.25) is 0 Å². The highest BCUT2D eigenvalue weighted by atomic mass is 32.2. The van der Waals surface area contributed by atoms with Crippen LogP contribution in [0.4, 0.5) is 0 Å². The van der Waals surface area contributed by atoms with Gasteiger partial charge >= 0.3 is 5.97 Å². The molecule has 0 spiro atoms. The normalized spacial score (nSPS) is 15.9. The van der Waals surface area contributed by atoms with Gasteiger partial charge in [0.2, 0.25) is 10.0 Å². The number of hydrogen-bond donors (Lipinski definition) is 1. The van der Waals surface area contributed by atoms with Crippen LogP contribution >= 0.6 is 0 Å². The van der Waals surface area contributed by atoms with Crippen molar-refractivity contribution in [2.75, 3.05) is 20.2 Å². The second-order valence-corrected chi connectivity index (χ2v) is 8.54. The molecule has 0 aliphatic carbocycles. The first-order chi connectivity index (χ1) is 13.3. The summed E-state index contributed by atoms with van der Waals surface area (Å²) >= 11 is 0. The van der Waals surface area contributed by atoms with Gasteiger partial charge in [-0.2, -0.15) is 4.31 Å². The number of ether oxygens (including phenoxy) is 1. The second-order valence-electron chi connectivity index (χ2n) is 6.60. The number of nitrogens with one attached hydrogen (secondary N) is 1. The lowest BCUT2D eigenvalue weighted by molar-refractivity contribution is 0.0600. The fraction of sp³-hybridized carbons (Fsp3) is 0.368. The molecular weight excluding hydrogens is 384 g/mol. The minimum atomic E-state index is -3.73. The van der Waals surface area contributed by atoms with Crippen molar-refractivity contribution in [2.45, 2.75) is 30.7 Å². The molecule has 2 heterocycles. The number of furan rings is 1. The highest BCUT2D eigenvalue weighted by Crippen LogP contribution is 2.22. The zero-order valence-electron chi connectivity index (χ0n) is 15.7. The van der Waals surface area contributed by atoms with Gasteiger partial charge in [0.1, 0.15) is 0 Å². The predicted octanol–water partition coefficient (Wildman–Crippen LogP) is 1.96. The Labute approximate surface area is 163 Å². The number of carbonyl (C=O) groups is 2. The molecular formula is C19H22N2O6S. The molecule has 28 heavy (non-hydrogen) atoms. The van der Waals surface area contributed by atoms with Crippen LogP contribution in [0.1, 0.15) is 39.3 Å². The Morgan fingerprint density at radius 2 is 1.93 bits per heavy atom. The average molecular weight is 406 g/mol. The van der Waals surface area contributed by atoms with Gasteiger partial charge in [0.25, 0.3) is 5.91 Å². The molecule has 1 fully saturated rings. The third kappa shape index (κ3) is 4.10. The Morgan fingerprint density at radius 3 is 2.54 bits per heavy atom. The summed E-state index contributed by atoms with van der Waals surface area (Å²) in [4.78, 5) is 23.9. The number of nitrogens with zero attached hydrogens (tertiary/aromatic N) is 1. The number of methoxy groups -OCH3 is 1. The molecule has 0 saturated carbocycles. The fourth-order valence-electron chi connectivity index (χ4n) is 3.15. The lowest BCUT2D eigenvalue weighted by Gasteiger charge is -2.31. The minimum absolute atomic E-state index is 0.0455.